The van der Waals surface area contributed by atoms with E-state index in [9.17, 15) is 19.2 Å². The predicted octanol–water partition coefficient (Wildman–Crippen LogP) is 8.76. The van der Waals surface area contributed by atoms with E-state index in [2.05, 4.69) is 72.8 Å². The molecule has 51 heavy (non-hydrogen) atoms. The number of hydrogen-bond donors (Lipinski definition) is 0. The van der Waals surface area contributed by atoms with Gasteiger partial charge in [-0.05, 0) is 134 Å². The summed E-state index contributed by atoms with van der Waals surface area (Å²) in [6.07, 6.45) is 10.4. The second-order valence-corrected chi connectivity index (χ2v) is 17.7. The molecule has 0 aromatic heterocycles. The fourth-order valence-corrected chi connectivity index (χ4v) is 11.6. The molecule has 252 valence electrons. The average Bonchev–Trinajstić information content (AvgIpc) is 4.01. The number of fused-ring (bicyclic) bond motifs is 10. The summed E-state index contributed by atoms with van der Waals surface area (Å²) in [4.78, 5) is 62.1. The topological polar surface area (TPSA) is 74.8 Å². The number of allylic oxidation sites excluding steroid dienone is 4. The normalized spacial score (nSPS) is 29.6. The van der Waals surface area contributed by atoms with Crippen LogP contribution in [-0.2, 0) is 19.2 Å². The van der Waals surface area contributed by atoms with Crippen molar-refractivity contribution in [2.45, 2.75) is 42.2 Å². The number of carbonyl (C=O) groups is 4. The van der Waals surface area contributed by atoms with Crippen molar-refractivity contribution >= 4 is 70.3 Å². The fourth-order valence-electron chi connectivity index (χ4n) is 9.20. The third kappa shape index (κ3) is 5.19. The maximum absolute atomic E-state index is 13.2. The van der Waals surface area contributed by atoms with Gasteiger partial charge in [0.2, 0.25) is 23.6 Å². The van der Waals surface area contributed by atoms with Gasteiger partial charge >= 0.3 is 0 Å². The molecule has 9 heteroatoms. The summed E-state index contributed by atoms with van der Waals surface area (Å²) in [6, 6.07) is 32.4. The van der Waals surface area contributed by atoms with Crippen LogP contribution in [-0.4, -0.2) is 23.6 Å². The highest BCUT2D eigenvalue weighted by atomic mass is 32.2. The largest absolute Gasteiger partial charge is 0.274 e. The molecule has 2 heterocycles. The highest BCUT2D eigenvalue weighted by molar-refractivity contribution is 8.00. The first kappa shape index (κ1) is 31.4. The van der Waals surface area contributed by atoms with Gasteiger partial charge in [0.1, 0.15) is 0 Å². The lowest BCUT2D eigenvalue weighted by Gasteiger charge is -2.17. The van der Waals surface area contributed by atoms with Crippen LogP contribution in [0.25, 0.3) is 0 Å². The molecule has 10 rings (SSSR count). The van der Waals surface area contributed by atoms with Gasteiger partial charge in [-0.15, -0.1) is 0 Å². The number of benzene rings is 4. The summed E-state index contributed by atoms with van der Waals surface area (Å²) in [5.41, 5.74) is 1.33. The van der Waals surface area contributed by atoms with E-state index in [1.807, 2.05) is 48.5 Å². The molecule has 6 nitrogen and oxygen atoms in total. The average molecular weight is 725 g/mol. The smallest absolute Gasteiger partial charge is 0.238 e. The highest BCUT2D eigenvalue weighted by Crippen LogP contribution is 2.54. The molecule has 0 N–H and O–H groups in total. The first-order chi connectivity index (χ1) is 24.9. The molecule has 4 bridgehead atoms. The minimum absolute atomic E-state index is 0.0448. The van der Waals surface area contributed by atoms with Gasteiger partial charge in [-0.3, -0.25) is 29.0 Å². The molecule has 0 spiro atoms. The molecule has 2 saturated heterocycles. The number of imide groups is 2. The lowest BCUT2D eigenvalue weighted by molar-refractivity contribution is -0.124. The standard InChI is InChI=1S/C42H32N2O4S3/c45-39-35-23-1-2-24(21-23)36(35)40(46)43(39)27-5-9-29(10-6-27)49-31-13-17-33(18-14-31)51-34-19-15-32(16-20-34)50-30-11-7-28(8-12-30)44-41(47)37-25-3-4-26(22-25)38(37)42(44)48/h1-20,23-26,35-38H,21-22H2. The zero-order chi connectivity index (χ0) is 34.4. The van der Waals surface area contributed by atoms with Crippen LogP contribution in [0.1, 0.15) is 12.8 Å². The van der Waals surface area contributed by atoms with E-state index in [0.717, 1.165) is 42.2 Å². The Hall–Kier alpha value is -4.31. The van der Waals surface area contributed by atoms with Crippen LogP contribution in [0, 0.1) is 47.3 Å². The van der Waals surface area contributed by atoms with Crippen LogP contribution in [0.5, 0.6) is 0 Å². The van der Waals surface area contributed by atoms with Gasteiger partial charge in [0.25, 0.3) is 0 Å². The zero-order valence-electron chi connectivity index (χ0n) is 27.3. The zero-order valence-corrected chi connectivity index (χ0v) is 29.8. The number of carbonyl (C=O) groups excluding carboxylic acids is 4. The summed E-state index contributed by atoms with van der Waals surface area (Å²) in [5.74, 6) is -0.0722. The van der Waals surface area contributed by atoms with E-state index >= 15 is 0 Å². The Bertz CT molecular complexity index is 1950. The van der Waals surface area contributed by atoms with Crippen LogP contribution in [0.15, 0.2) is 151 Å². The van der Waals surface area contributed by atoms with Crippen LogP contribution >= 0.6 is 35.3 Å². The molecule has 4 aliphatic carbocycles. The first-order valence-corrected chi connectivity index (χ1v) is 19.9. The van der Waals surface area contributed by atoms with Crippen molar-refractivity contribution < 1.29 is 19.2 Å². The lowest BCUT2D eigenvalue weighted by atomic mass is 9.85. The molecule has 4 amide bonds. The Kier molecular flexibility index (Phi) is 7.48. The van der Waals surface area contributed by atoms with E-state index < -0.39 is 0 Å². The predicted molar refractivity (Wildman–Crippen MR) is 199 cm³/mol. The van der Waals surface area contributed by atoms with Crippen molar-refractivity contribution in [1.29, 1.82) is 0 Å². The van der Waals surface area contributed by atoms with Crippen LogP contribution < -0.4 is 9.80 Å². The van der Waals surface area contributed by atoms with Gasteiger partial charge in [-0.1, -0.05) is 59.6 Å². The van der Waals surface area contributed by atoms with Crippen LogP contribution in [0.3, 0.4) is 0 Å². The van der Waals surface area contributed by atoms with E-state index in [4.69, 9.17) is 0 Å². The number of nitrogens with zero attached hydrogens (tertiary/aromatic N) is 2. The van der Waals surface area contributed by atoms with Crippen molar-refractivity contribution in [3.8, 4) is 0 Å². The molecule has 6 aliphatic rings. The van der Waals surface area contributed by atoms with Crippen LogP contribution in [0.4, 0.5) is 11.4 Å². The molecule has 4 aromatic rings. The van der Waals surface area contributed by atoms with E-state index in [-0.39, 0.29) is 71.0 Å². The minimum atomic E-state index is -0.185. The minimum Gasteiger partial charge on any atom is -0.274 e. The Morgan fingerprint density at radius 1 is 0.353 bits per heavy atom. The number of anilines is 2. The Morgan fingerprint density at radius 3 is 0.804 bits per heavy atom. The Balaban J connectivity index is 0.736. The molecule has 4 aromatic carbocycles. The van der Waals surface area contributed by atoms with Gasteiger partial charge in [0.15, 0.2) is 0 Å². The molecule has 4 fully saturated rings. The molecule has 2 saturated carbocycles. The van der Waals surface area contributed by atoms with Crippen molar-refractivity contribution in [3.63, 3.8) is 0 Å². The summed E-state index contributed by atoms with van der Waals surface area (Å²) < 4.78 is 0. The van der Waals surface area contributed by atoms with Gasteiger partial charge in [-0.2, -0.15) is 0 Å². The third-order valence-electron chi connectivity index (χ3n) is 11.5. The first-order valence-electron chi connectivity index (χ1n) is 17.5. The van der Waals surface area contributed by atoms with Crippen molar-refractivity contribution in [3.05, 3.63) is 121 Å². The quantitative estimate of drug-likeness (QED) is 0.133. The van der Waals surface area contributed by atoms with E-state index in [0.29, 0.717) is 11.4 Å². The monoisotopic (exact) mass is 724 g/mol. The lowest BCUT2D eigenvalue weighted by Crippen LogP contribution is -2.32. The van der Waals surface area contributed by atoms with Gasteiger partial charge < -0.3 is 0 Å². The second kappa shape index (κ2) is 12.1. The molecule has 8 unspecified atom stereocenters. The third-order valence-corrected chi connectivity index (χ3v) is 14.5. The van der Waals surface area contributed by atoms with E-state index in [1.165, 1.54) is 9.80 Å². The number of hydrogen-bond acceptors (Lipinski definition) is 7. The molecule has 2 aliphatic heterocycles. The van der Waals surface area contributed by atoms with Crippen molar-refractivity contribution in [2.75, 3.05) is 9.80 Å². The summed E-state index contributed by atoms with van der Waals surface area (Å²) in [6.45, 7) is 0. The molecule has 0 radical (unpaired) electrons. The van der Waals surface area contributed by atoms with Gasteiger partial charge in [0.05, 0.1) is 35.0 Å². The molecular weight excluding hydrogens is 693 g/mol. The summed E-state index contributed by atoms with van der Waals surface area (Å²) in [7, 11) is 0. The SMILES string of the molecule is O=C1C2C3C=CC(C3)C2C(=O)N1c1ccc(Sc2ccc(Sc3ccc(Sc4ccc(N5C(=O)C6C7C=CC(C7)C6C5=O)cc4)cc3)cc2)cc1. The van der Waals surface area contributed by atoms with Gasteiger partial charge in [-0.25, -0.2) is 0 Å². The highest BCUT2D eigenvalue weighted by Gasteiger charge is 2.60. The Labute approximate surface area is 308 Å². The van der Waals surface area contributed by atoms with Crippen molar-refractivity contribution in [1.82, 2.24) is 0 Å². The van der Waals surface area contributed by atoms with Crippen LogP contribution in [0.2, 0.25) is 0 Å². The van der Waals surface area contributed by atoms with Crippen molar-refractivity contribution in [2.24, 2.45) is 47.3 Å². The summed E-state index contributed by atoms with van der Waals surface area (Å²) in [5, 5.41) is 0. The Morgan fingerprint density at radius 2 is 0.569 bits per heavy atom. The second-order valence-electron chi connectivity index (χ2n) is 14.3. The molecule has 8 atom stereocenters. The van der Waals surface area contributed by atoms with E-state index in [1.54, 1.807) is 35.3 Å². The number of rotatable bonds is 8. The summed E-state index contributed by atoms with van der Waals surface area (Å²) >= 11 is 5.01. The van der Waals surface area contributed by atoms with Gasteiger partial charge in [0, 0.05) is 29.4 Å². The maximum Gasteiger partial charge on any atom is 0.238 e. The maximum atomic E-state index is 13.2. The molecular formula is C42H32N2O4S3. The number of amides is 4. The fraction of sp³-hybridized carbons (Fsp3) is 0.238.